The molecule has 0 amide bonds. The first-order valence-corrected chi connectivity index (χ1v) is 7.21. The van der Waals surface area contributed by atoms with Crippen molar-refractivity contribution in [2.24, 2.45) is 0 Å². The fourth-order valence-corrected chi connectivity index (χ4v) is 3.26. The number of carbonyl (C=O) groups is 1. The summed E-state index contributed by atoms with van der Waals surface area (Å²) in [6.45, 7) is 2.06. The standard InChI is InChI=1S/C14H13N3O2S/c1-2-11(12-7-4-8-20-12)17-13-9(14(18)19)5-3-6-10(13)15-16-17/h3-8,11H,2H2,1H3,(H,18,19). The number of hydrogen-bond acceptors (Lipinski definition) is 4. The van der Waals surface area contributed by atoms with Gasteiger partial charge in [-0.3, -0.25) is 0 Å². The molecule has 3 rings (SSSR count). The number of thiophene rings is 1. The first kappa shape index (κ1) is 12.8. The first-order valence-electron chi connectivity index (χ1n) is 6.33. The first-order chi connectivity index (χ1) is 9.72. The van der Waals surface area contributed by atoms with Crippen LogP contribution in [0.4, 0.5) is 0 Å². The summed E-state index contributed by atoms with van der Waals surface area (Å²) >= 11 is 1.64. The minimum Gasteiger partial charge on any atom is -0.478 e. The summed E-state index contributed by atoms with van der Waals surface area (Å²) in [6.07, 6.45) is 0.826. The quantitative estimate of drug-likeness (QED) is 0.800. The third-order valence-corrected chi connectivity index (χ3v) is 4.25. The van der Waals surface area contributed by atoms with Gasteiger partial charge in [0.05, 0.1) is 11.6 Å². The third-order valence-electron chi connectivity index (χ3n) is 3.28. The summed E-state index contributed by atoms with van der Waals surface area (Å²) in [5.41, 5.74) is 1.43. The van der Waals surface area contributed by atoms with Gasteiger partial charge in [0.1, 0.15) is 11.0 Å². The van der Waals surface area contributed by atoms with E-state index in [9.17, 15) is 9.90 Å². The van der Waals surface area contributed by atoms with Gasteiger partial charge in [-0.15, -0.1) is 16.4 Å². The lowest BCUT2D eigenvalue weighted by molar-refractivity contribution is 0.0698. The van der Waals surface area contributed by atoms with Gasteiger partial charge in [-0.25, -0.2) is 9.48 Å². The van der Waals surface area contributed by atoms with E-state index in [1.165, 1.54) is 0 Å². The predicted octanol–water partition coefficient (Wildman–Crippen LogP) is 3.19. The molecule has 2 heterocycles. The molecule has 1 unspecified atom stereocenters. The van der Waals surface area contributed by atoms with E-state index in [0.717, 1.165) is 11.3 Å². The number of carboxylic acid groups (broad SMARTS) is 1. The third kappa shape index (κ3) is 1.98. The summed E-state index contributed by atoms with van der Waals surface area (Å²) in [7, 11) is 0. The number of fused-ring (bicyclic) bond motifs is 1. The Balaban J connectivity index is 2.23. The Bertz CT molecular complexity index is 749. The summed E-state index contributed by atoms with van der Waals surface area (Å²) in [6, 6.07) is 9.10. The highest BCUT2D eigenvalue weighted by atomic mass is 32.1. The maximum absolute atomic E-state index is 11.4. The van der Waals surface area contributed by atoms with E-state index < -0.39 is 5.97 Å². The Hall–Kier alpha value is -2.21. The molecule has 1 N–H and O–H groups in total. The second kappa shape index (κ2) is 5.05. The smallest absolute Gasteiger partial charge is 0.337 e. The van der Waals surface area contributed by atoms with E-state index in [0.29, 0.717) is 11.0 Å². The van der Waals surface area contributed by atoms with E-state index >= 15 is 0 Å². The topological polar surface area (TPSA) is 68.0 Å². The maximum Gasteiger partial charge on any atom is 0.337 e. The van der Waals surface area contributed by atoms with Gasteiger partial charge < -0.3 is 5.11 Å². The van der Waals surface area contributed by atoms with Crippen LogP contribution in [-0.2, 0) is 0 Å². The van der Waals surface area contributed by atoms with Gasteiger partial charge >= 0.3 is 5.97 Å². The van der Waals surface area contributed by atoms with Gasteiger partial charge in [0, 0.05) is 4.88 Å². The molecule has 0 fully saturated rings. The molecule has 0 aliphatic carbocycles. The van der Waals surface area contributed by atoms with Crippen LogP contribution in [0.2, 0.25) is 0 Å². The van der Waals surface area contributed by atoms with Gasteiger partial charge in [0.15, 0.2) is 0 Å². The predicted molar refractivity (Wildman–Crippen MR) is 77.2 cm³/mol. The molecule has 0 aliphatic heterocycles. The molecule has 6 heteroatoms. The highest BCUT2D eigenvalue weighted by Gasteiger charge is 2.21. The van der Waals surface area contributed by atoms with Crippen LogP contribution in [0, 0.1) is 0 Å². The van der Waals surface area contributed by atoms with Crippen LogP contribution < -0.4 is 0 Å². The lowest BCUT2D eigenvalue weighted by Crippen LogP contribution is -2.12. The second-order valence-corrected chi connectivity index (χ2v) is 5.43. The van der Waals surface area contributed by atoms with Crippen LogP contribution in [0.25, 0.3) is 11.0 Å². The van der Waals surface area contributed by atoms with E-state index in [1.807, 2.05) is 17.5 Å². The van der Waals surface area contributed by atoms with Crippen LogP contribution in [0.1, 0.15) is 34.6 Å². The molecule has 102 valence electrons. The largest absolute Gasteiger partial charge is 0.478 e. The van der Waals surface area contributed by atoms with Crippen LogP contribution in [-0.4, -0.2) is 26.1 Å². The number of carboxylic acids is 1. The number of rotatable bonds is 4. The minimum absolute atomic E-state index is 0.0144. The highest BCUT2D eigenvalue weighted by molar-refractivity contribution is 7.10. The summed E-state index contributed by atoms with van der Waals surface area (Å²) in [4.78, 5) is 12.5. The number of nitrogens with zero attached hydrogens (tertiary/aromatic N) is 3. The van der Waals surface area contributed by atoms with E-state index in [4.69, 9.17) is 0 Å². The molecule has 0 saturated carbocycles. The minimum atomic E-state index is -0.958. The van der Waals surface area contributed by atoms with Crippen molar-refractivity contribution in [2.75, 3.05) is 0 Å². The van der Waals surface area contributed by atoms with Gasteiger partial charge in [0.2, 0.25) is 0 Å². The number of para-hydroxylation sites is 1. The fraction of sp³-hybridized carbons (Fsp3) is 0.214. The Morgan fingerprint density at radius 3 is 2.90 bits per heavy atom. The van der Waals surface area contributed by atoms with Gasteiger partial charge in [0.25, 0.3) is 0 Å². The van der Waals surface area contributed by atoms with Crippen LogP contribution in [0.5, 0.6) is 0 Å². The second-order valence-electron chi connectivity index (χ2n) is 4.45. The number of aromatic carboxylic acids is 1. The average Bonchev–Trinajstić information content (AvgIpc) is 3.09. The summed E-state index contributed by atoms with van der Waals surface area (Å²) in [5.74, 6) is -0.958. The molecule has 20 heavy (non-hydrogen) atoms. The van der Waals surface area contributed by atoms with E-state index in [1.54, 1.807) is 34.2 Å². The zero-order chi connectivity index (χ0) is 14.1. The molecule has 0 radical (unpaired) electrons. The van der Waals surface area contributed by atoms with Crippen LogP contribution >= 0.6 is 11.3 Å². The van der Waals surface area contributed by atoms with Gasteiger partial charge in [-0.1, -0.05) is 24.3 Å². The fourth-order valence-electron chi connectivity index (χ4n) is 2.36. The van der Waals surface area contributed by atoms with Crippen molar-refractivity contribution in [3.05, 3.63) is 46.2 Å². The Morgan fingerprint density at radius 2 is 2.25 bits per heavy atom. The average molecular weight is 287 g/mol. The number of hydrogen-bond donors (Lipinski definition) is 1. The molecule has 1 atom stereocenters. The van der Waals surface area contributed by atoms with Crippen molar-refractivity contribution in [3.8, 4) is 0 Å². The zero-order valence-corrected chi connectivity index (χ0v) is 11.7. The molecule has 0 bridgehead atoms. The maximum atomic E-state index is 11.4. The Morgan fingerprint density at radius 1 is 1.40 bits per heavy atom. The van der Waals surface area contributed by atoms with E-state index in [2.05, 4.69) is 17.2 Å². The molecule has 5 nitrogen and oxygen atoms in total. The van der Waals surface area contributed by atoms with Crippen molar-refractivity contribution in [2.45, 2.75) is 19.4 Å². The zero-order valence-electron chi connectivity index (χ0n) is 10.9. The van der Waals surface area contributed by atoms with Gasteiger partial charge in [-0.2, -0.15) is 0 Å². The highest BCUT2D eigenvalue weighted by Crippen LogP contribution is 2.29. The summed E-state index contributed by atoms with van der Waals surface area (Å²) in [5, 5.41) is 19.6. The SMILES string of the molecule is CCC(c1cccs1)n1nnc2cccc(C(=O)O)c21. The lowest BCUT2D eigenvalue weighted by atomic mass is 10.1. The van der Waals surface area contributed by atoms with Gasteiger partial charge in [-0.05, 0) is 30.0 Å². The molecule has 0 saturated heterocycles. The normalized spacial score (nSPS) is 12.7. The molecule has 3 aromatic rings. The number of benzene rings is 1. The molecule has 0 spiro atoms. The van der Waals surface area contributed by atoms with Crippen molar-refractivity contribution in [1.82, 2.24) is 15.0 Å². The Kier molecular flexibility index (Phi) is 3.23. The van der Waals surface area contributed by atoms with Crippen molar-refractivity contribution >= 4 is 28.3 Å². The summed E-state index contributed by atoms with van der Waals surface area (Å²) < 4.78 is 1.73. The molecule has 0 aliphatic rings. The van der Waals surface area contributed by atoms with E-state index in [-0.39, 0.29) is 11.6 Å². The van der Waals surface area contributed by atoms with Crippen molar-refractivity contribution in [3.63, 3.8) is 0 Å². The lowest BCUT2D eigenvalue weighted by Gasteiger charge is -2.14. The Labute approximate surface area is 119 Å². The molecule has 2 aromatic heterocycles. The monoisotopic (exact) mass is 287 g/mol. The van der Waals surface area contributed by atoms with Crippen LogP contribution in [0.3, 0.4) is 0 Å². The molecular formula is C14H13N3O2S. The molecular weight excluding hydrogens is 274 g/mol. The van der Waals surface area contributed by atoms with Crippen molar-refractivity contribution in [1.29, 1.82) is 0 Å². The molecule has 1 aromatic carbocycles. The van der Waals surface area contributed by atoms with Crippen LogP contribution in [0.15, 0.2) is 35.7 Å². The van der Waals surface area contributed by atoms with Crippen molar-refractivity contribution < 1.29 is 9.90 Å². The number of aromatic nitrogens is 3.